The van der Waals surface area contributed by atoms with E-state index >= 15 is 0 Å². The van der Waals surface area contributed by atoms with Crippen molar-refractivity contribution in [1.82, 2.24) is 16.0 Å². The van der Waals surface area contributed by atoms with Crippen LogP contribution in [0.3, 0.4) is 0 Å². The summed E-state index contributed by atoms with van der Waals surface area (Å²) in [7, 11) is 0. The molecule has 204 valence electrons. The van der Waals surface area contributed by atoms with E-state index in [4.69, 9.17) is 22.3 Å². The van der Waals surface area contributed by atoms with E-state index in [1.807, 2.05) is 0 Å². The van der Waals surface area contributed by atoms with Crippen LogP contribution in [0.5, 0.6) is 0 Å². The van der Waals surface area contributed by atoms with Gasteiger partial charge in [0.25, 0.3) is 0 Å². The number of guanidine groups is 1. The maximum Gasteiger partial charge on any atom is 0.326 e. The van der Waals surface area contributed by atoms with Crippen LogP contribution >= 0.6 is 0 Å². The first-order valence-corrected chi connectivity index (χ1v) is 11.7. The van der Waals surface area contributed by atoms with E-state index in [0.717, 1.165) is 0 Å². The van der Waals surface area contributed by atoms with Crippen LogP contribution in [0.2, 0.25) is 0 Å². The van der Waals surface area contributed by atoms with Crippen molar-refractivity contribution in [1.29, 1.82) is 0 Å². The summed E-state index contributed by atoms with van der Waals surface area (Å²) in [5, 5.41) is 25.8. The number of nitrogens with one attached hydrogen (secondary N) is 3. The number of hydrogen-bond acceptors (Lipinski definition) is 7. The maximum absolute atomic E-state index is 12.6. The molecule has 11 N–H and O–H groups in total. The third-order valence-electron chi connectivity index (χ3n) is 5.11. The number of amides is 3. The van der Waals surface area contributed by atoms with Gasteiger partial charge >= 0.3 is 11.9 Å². The highest BCUT2D eigenvalue weighted by molar-refractivity contribution is 5.93. The van der Waals surface area contributed by atoms with Gasteiger partial charge in [-0.2, -0.15) is 0 Å². The van der Waals surface area contributed by atoms with Gasteiger partial charge in [0.1, 0.15) is 12.1 Å². The van der Waals surface area contributed by atoms with Gasteiger partial charge in [0.05, 0.1) is 12.5 Å². The minimum Gasteiger partial charge on any atom is -0.481 e. The second-order valence-electron chi connectivity index (χ2n) is 8.26. The zero-order valence-electron chi connectivity index (χ0n) is 20.4. The maximum atomic E-state index is 12.6. The Kier molecular flexibility index (Phi) is 13.7. The van der Waals surface area contributed by atoms with Gasteiger partial charge in [-0.25, -0.2) is 4.79 Å². The predicted octanol–water partition coefficient (Wildman–Crippen LogP) is -1.96. The van der Waals surface area contributed by atoms with Gasteiger partial charge in [-0.1, -0.05) is 30.3 Å². The Balaban J connectivity index is 2.53. The number of nitrogens with two attached hydrogens (primary N) is 3. The molecule has 0 saturated carbocycles. The third kappa shape index (κ3) is 13.5. The highest BCUT2D eigenvalue weighted by Crippen LogP contribution is 2.05. The monoisotopic (exact) mass is 521 g/mol. The minimum atomic E-state index is -1.48. The molecular weight excluding hydrogens is 486 g/mol. The van der Waals surface area contributed by atoms with Gasteiger partial charge in [0, 0.05) is 25.9 Å². The van der Waals surface area contributed by atoms with Crippen molar-refractivity contribution in [3.8, 4) is 0 Å². The van der Waals surface area contributed by atoms with Crippen LogP contribution in [0.15, 0.2) is 35.3 Å². The first-order chi connectivity index (χ1) is 17.5. The molecule has 0 bridgehead atoms. The van der Waals surface area contributed by atoms with E-state index < -0.39 is 54.2 Å². The number of carboxylic acids is 2. The molecule has 0 aromatic heterocycles. The smallest absolute Gasteiger partial charge is 0.326 e. The van der Waals surface area contributed by atoms with Crippen molar-refractivity contribution in [3.05, 3.63) is 35.9 Å². The fourth-order valence-corrected chi connectivity index (χ4v) is 3.21. The lowest BCUT2D eigenvalue weighted by Crippen LogP contribution is -2.53. The molecule has 14 heteroatoms. The van der Waals surface area contributed by atoms with Crippen molar-refractivity contribution >= 4 is 35.6 Å². The average Bonchev–Trinajstić information content (AvgIpc) is 2.83. The number of benzene rings is 1. The molecule has 1 aromatic rings. The summed E-state index contributed by atoms with van der Waals surface area (Å²) in [6, 6.07) is 5.01. The molecule has 14 nitrogen and oxygen atoms in total. The van der Waals surface area contributed by atoms with Crippen molar-refractivity contribution in [3.63, 3.8) is 0 Å². The predicted molar refractivity (Wildman–Crippen MR) is 134 cm³/mol. The minimum absolute atomic E-state index is 0.0220. The van der Waals surface area contributed by atoms with Gasteiger partial charge in [0.2, 0.25) is 17.7 Å². The zero-order chi connectivity index (χ0) is 27.8. The summed E-state index contributed by atoms with van der Waals surface area (Å²) in [5.41, 5.74) is 16.9. The number of nitrogens with zero attached hydrogens (tertiary/aromatic N) is 1. The van der Waals surface area contributed by atoms with Gasteiger partial charge in [-0.3, -0.25) is 24.2 Å². The number of rotatable bonds is 17. The van der Waals surface area contributed by atoms with E-state index in [-0.39, 0.29) is 31.8 Å². The molecule has 0 aliphatic carbocycles. The number of aliphatic imine (C=N–C) groups is 1. The second kappa shape index (κ2) is 16.5. The van der Waals surface area contributed by atoms with Crippen molar-refractivity contribution in [2.75, 3.05) is 13.1 Å². The molecule has 0 radical (unpaired) electrons. The lowest BCUT2D eigenvalue weighted by molar-refractivity contribution is -0.143. The highest BCUT2D eigenvalue weighted by atomic mass is 16.4. The molecule has 3 atom stereocenters. The second-order valence-corrected chi connectivity index (χ2v) is 8.26. The summed E-state index contributed by atoms with van der Waals surface area (Å²) in [6.45, 7) is 0.468. The topological polar surface area (TPSA) is 252 Å². The Morgan fingerprint density at radius 2 is 1.59 bits per heavy atom. The Morgan fingerprint density at radius 3 is 2.19 bits per heavy atom. The van der Waals surface area contributed by atoms with Crippen LogP contribution in [0.25, 0.3) is 0 Å². The fourth-order valence-electron chi connectivity index (χ4n) is 3.21. The Hall–Kier alpha value is -4.20. The van der Waals surface area contributed by atoms with Gasteiger partial charge in [-0.15, -0.1) is 0 Å². The third-order valence-corrected chi connectivity index (χ3v) is 5.11. The van der Waals surface area contributed by atoms with Crippen LogP contribution in [0.4, 0.5) is 0 Å². The molecule has 37 heavy (non-hydrogen) atoms. The lowest BCUT2D eigenvalue weighted by Gasteiger charge is -2.20. The van der Waals surface area contributed by atoms with Crippen molar-refractivity contribution < 1.29 is 34.2 Å². The normalized spacial score (nSPS) is 12.9. The Labute approximate surface area is 214 Å². The largest absolute Gasteiger partial charge is 0.481 e. The SMILES string of the molecule is NC(N)=NCCC[C@H](N)C(=O)NCCCC(=O)N[C@@H](CC(=O)O)C(=O)N[C@@H](Cc1ccccc1)C(=O)O. The summed E-state index contributed by atoms with van der Waals surface area (Å²) >= 11 is 0. The fraction of sp³-hybridized carbons (Fsp3) is 0.478. The zero-order valence-corrected chi connectivity index (χ0v) is 20.4. The molecule has 0 aliphatic rings. The van der Waals surface area contributed by atoms with E-state index in [9.17, 15) is 29.1 Å². The van der Waals surface area contributed by atoms with E-state index in [1.54, 1.807) is 30.3 Å². The molecule has 0 saturated heterocycles. The van der Waals surface area contributed by atoms with E-state index in [2.05, 4.69) is 20.9 Å². The van der Waals surface area contributed by atoms with Gasteiger partial charge in [0.15, 0.2) is 5.96 Å². The summed E-state index contributed by atoms with van der Waals surface area (Å²) in [4.78, 5) is 63.5. The number of carbonyl (C=O) groups excluding carboxylic acids is 3. The molecule has 1 aromatic carbocycles. The molecule has 0 heterocycles. The van der Waals surface area contributed by atoms with Crippen molar-refractivity contribution in [2.24, 2.45) is 22.2 Å². The average molecular weight is 522 g/mol. The molecule has 3 amide bonds. The molecule has 1 rings (SSSR count). The number of carbonyl (C=O) groups is 5. The molecule has 0 unspecified atom stereocenters. The molecule has 0 spiro atoms. The quantitative estimate of drug-likeness (QED) is 0.0637. The van der Waals surface area contributed by atoms with Crippen LogP contribution in [0.1, 0.15) is 37.7 Å². The van der Waals surface area contributed by atoms with Crippen LogP contribution in [-0.4, -0.2) is 77.0 Å². The molecular formula is C23H35N7O7. The summed E-state index contributed by atoms with van der Waals surface area (Å²) < 4.78 is 0. The number of aliphatic carboxylic acids is 2. The standard InChI is InChI=1S/C23H35N7O7/c24-15(8-4-11-28-23(25)26)20(34)27-10-5-9-18(31)29-16(13-19(32)33)21(35)30-17(22(36)37)12-14-6-2-1-3-7-14/h1-3,6-7,15-17H,4-5,8-13,24H2,(H,27,34)(H,29,31)(H,30,35)(H,32,33)(H,36,37)(H4,25,26,28)/t15-,16-,17-/m0/s1. The van der Waals surface area contributed by atoms with Crippen LogP contribution in [-0.2, 0) is 30.4 Å². The summed E-state index contributed by atoms with van der Waals surface area (Å²) in [6.07, 6.45) is 0.195. The van der Waals surface area contributed by atoms with Gasteiger partial charge in [-0.05, 0) is 24.8 Å². The first-order valence-electron chi connectivity index (χ1n) is 11.7. The van der Waals surface area contributed by atoms with Gasteiger partial charge < -0.3 is 43.4 Å². The van der Waals surface area contributed by atoms with Crippen LogP contribution in [0, 0.1) is 0 Å². The molecule has 0 fully saturated rings. The van der Waals surface area contributed by atoms with Crippen LogP contribution < -0.4 is 33.2 Å². The Bertz CT molecular complexity index is 952. The lowest BCUT2D eigenvalue weighted by atomic mass is 10.1. The summed E-state index contributed by atoms with van der Waals surface area (Å²) in [5.74, 6) is -4.68. The number of carboxylic acid groups (broad SMARTS) is 2. The van der Waals surface area contributed by atoms with E-state index in [1.165, 1.54) is 0 Å². The Morgan fingerprint density at radius 1 is 0.919 bits per heavy atom. The molecule has 0 aliphatic heterocycles. The van der Waals surface area contributed by atoms with Crippen molar-refractivity contribution in [2.45, 2.75) is 56.7 Å². The first kappa shape index (κ1) is 30.8. The number of hydrogen-bond donors (Lipinski definition) is 8. The highest BCUT2D eigenvalue weighted by Gasteiger charge is 2.28. The van der Waals surface area contributed by atoms with E-state index in [0.29, 0.717) is 24.9 Å².